The minimum Gasteiger partial charge on any atom is -0.324 e. The Bertz CT molecular complexity index is 1210. The number of benzene rings is 2. The van der Waals surface area contributed by atoms with Gasteiger partial charge < -0.3 is 5.32 Å². The molecule has 2 unspecified atom stereocenters. The summed E-state index contributed by atoms with van der Waals surface area (Å²) in [6.45, 7) is 1.51. The van der Waals surface area contributed by atoms with Crippen LogP contribution in [0.2, 0.25) is 0 Å². The normalized spacial score (nSPS) is 17.8. The van der Waals surface area contributed by atoms with Crippen molar-refractivity contribution in [2.24, 2.45) is 0 Å². The largest absolute Gasteiger partial charge is 0.324 e. The molecule has 1 fully saturated rings. The van der Waals surface area contributed by atoms with Crippen molar-refractivity contribution in [3.8, 4) is 0 Å². The second kappa shape index (κ2) is 8.88. The zero-order valence-electron chi connectivity index (χ0n) is 17.6. The summed E-state index contributed by atoms with van der Waals surface area (Å²) in [6.07, 6.45) is 3.94. The molecule has 0 aliphatic carbocycles. The Balaban J connectivity index is 1.43. The molecule has 0 bridgehead atoms. The summed E-state index contributed by atoms with van der Waals surface area (Å²) in [7, 11) is 0. The first-order chi connectivity index (χ1) is 15.7. The summed E-state index contributed by atoms with van der Waals surface area (Å²) < 4.78 is 15.3. The van der Waals surface area contributed by atoms with Crippen LogP contribution in [0.4, 0.5) is 10.1 Å². The zero-order valence-corrected chi connectivity index (χ0v) is 17.6. The van der Waals surface area contributed by atoms with Crippen molar-refractivity contribution >= 4 is 17.2 Å². The van der Waals surface area contributed by atoms with E-state index in [-0.39, 0.29) is 17.6 Å². The van der Waals surface area contributed by atoms with Crippen molar-refractivity contribution in [3.63, 3.8) is 0 Å². The number of piperidine rings is 1. The predicted octanol–water partition coefficient (Wildman–Crippen LogP) is 4.43. The molecular weight excluding hydrogens is 405 g/mol. The maximum Gasteiger partial charge on any atom is 0.246 e. The fourth-order valence-corrected chi connectivity index (χ4v) is 4.50. The van der Waals surface area contributed by atoms with Crippen LogP contribution in [0.3, 0.4) is 0 Å². The molecule has 7 heteroatoms. The van der Waals surface area contributed by atoms with Crippen LogP contribution >= 0.6 is 0 Å². The van der Waals surface area contributed by atoms with Gasteiger partial charge in [0, 0.05) is 24.3 Å². The first-order valence-corrected chi connectivity index (χ1v) is 10.8. The first-order valence-electron chi connectivity index (χ1n) is 10.8. The van der Waals surface area contributed by atoms with Crippen LogP contribution in [-0.4, -0.2) is 38.5 Å². The SMILES string of the molecule is O=C(Nc1ccc(F)cc1)C(c1ccccc1)N1CCCC(c2nnc3ccccn23)C1. The Hall–Kier alpha value is -3.58. The Morgan fingerprint density at radius 1 is 1.00 bits per heavy atom. The van der Waals surface area contributed by atoms with Crippen LogP contribution in [0, 0.1) is 5.82 Å². The Kier molecular flexibility index (Phi) is 5.64. The molecule has 4 aromatic rings. The predicted molar refractivity (Wildman–Crippen MR) is 121 cm³/mol. The molecule has 1 saturated heterocycles. The van der Waals surface area contributed by atoms with Gasteiger partial charge in [-0.15, -0.1) is 10.2 Å². The van der Waals surface area contributed by atoms with E-state index in [9.17, 15) is 9.18 Å². The summed E-state index contributed by atoms with van der Waals surface area (Å²) in [5.41, 5.74) is 2.33. The Morgan fingerprint density at radius 3 is 2.59 bits per heavy atom. The van der Waals surface area contributed by atoms with Gasteiger partial charge >= 0.3 is 0 Å². The van der Waals surface area contributed by atoms with Gasteiger partial charge in [0.15, 0.2) is 5.65 Å². The van der Waals surface area contributed by atoms with Crippen molar-refractivity contribution < 1.29 is 9.18 Å². The molecule has 1 N–H and O–H groups in total. The lowest BCUT2D eigenvalue weighted by atomic mass is 9.93. The summed E-state index contributed by atoms with van der Waals surface area (Å²) in [6, 6.07) is 21.1. The monoisotopic (exact) mass is 429 g/mol. The van der Waals surface area contributed by atoms with Crippen molar-refractivity contribution in [2.75, 3.05) is 18.4 Å². The van der Waals surface area contributed by atoms with E-state index < -0.39 is 6.04 Å². The number of nitrogens with one attached hydrogen (secondary N) is 1. The number of anilines is 1. The molecule has 5 rings (SSSR count). The molecule has 0 radical (unpaired) electrons. The van der Waals surface area contributed by atoms with Crippen LogP contribution in [0.15, 0.2) is 79.0 Å². The highest BCUT2D eigenvalue weighted by atomic mass is 19.1. The number of hydrogen-bond donors (Lipinski definition) is 1. The Morgan fingerprint density at radius 2 is 1.78 bits per heavy atom. The van der Waals surface area contributed by atoms with Crippen LogP contribution in [-0.2, 0) is 4.79 Å². The van der Waals surface area contributed by atoms with Gasteiger partial charge in [0.1, 0.15) is 17.7 Å². The van der Waals surface area contributed by atoms with E-state index in [4.69, 9.17) is 0 Å². The van der Waals surface area contributed by atoms with E-state index in [0.717, 1.165) is 36.4 Å². The Labute approximate surface area is 185 Å². The molecule has 162 valence electrons. The summed E-state index contributed by atoms with van der Waals surface area (Å²) in [5, 5.41) is 11.7. The van der Waals surface area contributed by atoms with Gasteiger partial charge in [0.05, 0.1) is 0 Å². The second-order valence-corrected chi connectivity index (χ2v) is 8.13. The average Bonchev–Trinajstić information content (AvgIpc) is 3.26. The van der Waals surface area contributed by atoms with E-state index in [1.165, 1.54) is 12.1 Å². The molecule has 2 aromatic carbocycles. The summed E-state index contributed by atoms with van der Waals surface area (Å²) >= 11 is 0. The number of rotatable bonds is 5. The molecular formula is C25H24FN5O. The van der Waals surface area contributed by atoms with Crippen molar-refractivity contribution in [1.82, 2.24) is 19.5 Å². The molecule has 6 nitrogen and oxygen atoms in total. The van der Waals surface area contributed by atoms with Crippen LogP contribution < -0.4 is 5.32 Å². The van der Waals surface area contributed by atoms with Crippen LogP contribution in [0.25, 0.3) is 5.65 Å². The third-order valence-corrected chi connectivity index (χ3v) is 6.00. The topological polar surface area (TPSA) is 62.5 Å². The fraction of sp³-hybridized carbons (Fsp3) is 0.240. The van der Waals surface area contributed by atoms with E-state index in [0.29, 0.717) is 12.2 Å². The van der Waals surface area contributed by atoms with Gasteiger partial charge in [-0.2, -0.15) is 0 Å². The molecule has 2 atom stereocenters. The second-order valence-electron chi connectivity index (χ2n) is 8.13. The molecule has 1 aliphatic heterocycles. The maximum absolute atomic E-state index is 13.4. The number of likely N-dealkylation sites (tertiary alicyclic amines) is 1. The number of carbonyl (C=O) groups excluding carboxylic acids is 1. The van der Waals surface area contributed by atoms with E-state index in [2.05, 4.69) is 20.4 Å². The molecule has 1 amide bonds. The van der Waals surface area contributed by atoms with Gasteiger partial charge in [0.25, 0.3) is 0 Å². The number of fused-ring (bicyclic) bond motifs is 1. The maximum atomic E-state index is 13.4. The lowest BCUT2D eigenvalue weighted by molar-refractivity contribution is -0.122. The molecule has 32 heavy (non-hydrogen) atoms. The van der Waals surface area contributed by atoms with E-state index >= 15 is 0 Å². The third kappa shape index (κ3) is 4.11. The highest BCUT2D eigenvalue weighted by Crippen LogP contribution is 2.32. The first kappa shape index (κ1) is 20.3. The number of nitrogens with zero attached hydrogens (tertiary/aromatic N) is 4. The lowest BCUT2D eigenvalue weighted by Gasteiger charge is -2.37. The number of hydrogen-bond acceptors (Lipinski definition) is 4. The van der Waals surface area contributed by atoms with Crippen LogP contribution in [0.5, 0.6) is 0 Å². The number of pyridine rings is 1. The van der Waals surface area contributed by atoms with Gasteiger partial charge in [0.2, 0.25) is 5.91 Å². The van der Waals surface area contributed by atoms with Gasteiger partial charge in [-0.1, -0.05) is 36.4 Å². The number of carbonyl (C=O) groups is 1. The molecule has 0 saturated carbocycles. The highest BCUT2D eigenvalue weighted by Gasteiger charge is 2.33. The summed E-state index contributed by atoms with van der Waals surface area (Å²) in [5.74, 6) is 0.638. The van der Waals surface area contributed by atoms with Gasteiger partial charge in [-0.3, -0.25) is 14.1 Å². The molecule has 1 aliphatic rings. The number of halogens is 1. The summed E-state index contributed by atoms with van der Waals surface area (Å²) in [4.78, 5) is 15.6. The van der Waals surface area contributed by atoms with Crippen molar-refractivity contribution in [1.29, 1.82) is 0 Å². The molecule has 2 aromatic heterocycles. The standard InChI is InChI=1S/C25H24FN5O/c26-20-11-13-21(14-12-20)27-25(32)23(18-7-2-1-3-8-18)30-15-6-9-19(17-30)24-29-28-22-10-4-5-16-31(22)24/h1-5,7-8,10-14,16,19,23H,6,9,15,17H2,(H,27,32). The zero-order chi connectivity index (χ0) is 21.9. The smallest absolute Gasteiger partial charge is 0.246 e. The van der Waals surface area contributed by atoms with Gasteiger partial charge in [-0.05, 0) is 61.3 Å². The molecule has 0 spiro atoms. The average molecular weight is 429 g/mol. The highest BCUT2D eigenvalue weighted by molar-refractivity contribution is 5.95. The van der Waals surface area contributed by atoms with Crippen molar-refractivity contribution in [3.05, 3.63) is 96.2 Å². The van der Waals surface area contributed by atoms with Crippen molar-refractivity contribution in [2.45, 2.75) is 24.8 Å². The lowest BCUT2D eigenvalue weighted by Crippen LogP contribution is -2.43. The van der Waals surface area contributed by atoms with Gasteiger partial charge in [-0.25, -0.2) is 4.39 Å². The minimum atomic E-state index is -0.455. The molecule has 3 heterocycles. The number of amides is 1. The minimum absolute atomic E-state index is 0.130. The van der Waals surface area contributed by atoms with Crippen LogP contribution in [0.1, 0.15) is 36.2 Å². The fourth-order valence-electron chi connectivity index (χ4n) is 4.50. The quantitative estimate of drug-likeness (QED) is 0.510. The third-order valence-electron chi connectivity index (χ3n) is 6.00. The number of aromatic nitrogens is 3. The van der Waals surface area contributed by atoms with E-state index in [1.54, 1.807) is 12.1 Å². The van der Waals surface area contributed by atoms with E-state index in [1.807, 2.05) is 59.1 Å².